The highest BCUT2D eigenvalue weighted by Crippen LogP contribution is 2.42. The highest BCUT2D eigenvalue weighted by atomic mass is 32.2. The van der Waals surface area contributed by atoms with E-state index in [1.54, 1.807) is 0 Å². The van der Waals surface area contributed by atoms with E-state index < -0.39 is 5.97 Å². The predicted octanol–water partition coefficient (Wildman–Crippen LogP) is 2.70. The second-order valence-electron chi connectivity index (χ2n) is 6.17. The number of piperidine rings is 1. The number of amides is 2. The summed E-state index contributed by atoms with van der Waals surface area (Å²) in [6.45, 7) is 1.48. The third kappa shape index (κ3) is 4.28. The van der Waals surface area contributed by atoms with E-state index in [9.17, 15) is 9.59 Å². The summed E-state index contributed by atoms with van der Waals surface area (Å²) < 4.78 is 0.238. The minimum absolute atomic E-state index is 0.00888. The van der Waals surface area contributed by atoms with Gasteiger partial charge in [-0.15, -0.1) is 0 Å². The number of nitrogens with zero attached hydrogens (tertiary/aromatic N) is 1. The molecule has 0 bridgehead atoms. The van der Waals surface area contributed by atoms with Gasteiger partial charge >= 0.3 is 12.0 Å². The van der Waals surface area contributed by atoms with E-state index in [0.717, 1.165) is 32.4 Å². The van der Waals surface area contributed by atoms with Gasteiger partial charge in [-0.3, -0.25) is 4.79 Å². The molecule has 1 aliphatic carbocycles. The first-order valence-electron chi connectivity index (χ1n) is 7.88. The van der Waals surface area contributed by atoms with E-state index in [-0.39, 0.29) is 23.2 Å². The molecule has 120 valence electrons. The van der Waals surface area contributed by atoms with Gasteiger partial charge in [-0.2, -0.15) is 11.8 Å². The van der Waals surface area contributed by atoms with Crippen molar-refractivity contribution in [3.63, 3.8) is 0 Å². The number of carboxylic acid groups (broad SMARTS) is 1. The number of carboxylic acids is 1. The zero-order valence-electron chi connectivity index (χ0n) is 12.8. The molecule has 0 aromatic carbocycles. The van der Waals surface area contributed by atoms with E-state index in [1.807, 2.05) is 16.7 Å². The van der Waals surface area contributed by atoms with E-state index >= 15 is 0 Å². The Morgan fingerprint density at radius 2 is 2.10 bits per heavy atom. The Hall–Kier alpha value is -0.910. The molecule has 21 heavy (non-hydrogen) atoms. The fourth-order valence-corrected chi connectivity index (χ4v) is 4.13. The molecule has 0 aromatic rings. The lowest BCUT2D eigenvalue weighted by Crippen LogP contribution is -2.53. The first kappa shape index (κ1) is 16.5. The first-order valence-corrected chi connectivity index (χ1v) is 9.10. The third-order valence-electron chi connectivity index (χ3n) is 4.84. The van der Waals surface area contributed by atoms with Crippen LogP contribution >= 0.6 is 11.8 Å². The van der Waals surface area contributed by atoms with E-state index in [4.69, 9.17) is 5.11 Å². The summed E-state index contributed by atoms with van der Waals surface area (Å²) >= 11 is 1.85. The lowest BCUT2D eigenvalue weighted by atomic mass is 9.84. The van der Waals surface area contributed by atoms with Crippen molar-refractivity contribution in [2.75, 3.05) is 19.3 Å². The molecule has 0 aromatic heterocycles. The highest BCUT2D eigenvalue weighted by Gasteiger charge is 2.37. The third-order valence-corrected chi connectivity index (χ3v) is 6.26. The maximum absolute atomic E-state index is 12.4. The van der Waals surface area contributed by atoms with Crippen LogP contribution in [-0.4, -0.2) is 52.1 Å². The molecule has 2 fully saturated rings. The minimum atomic E-state index is -0.781. The fraction of sp³-hybridized carbons (Fsp3) is 0.867. The maximum Gasteiger partial charge on any atom is 0.317 e. The zero-order chi connectivity index (χ0) is 15.3. The predicted molar refractivity (Wildman–Crippen MR) is 84.7 cm³/mol. The summed E-state index contributed by atoms with van der Waals surface area (Å²) in [4.78, 5) is 25.0. The van der Waals surface area contributed by atoms with Crippen LogP contribution in [0.1, 0.15) is 51.4 Å². The summed E-state index contributed by atoms with van der Waals surface area (Å²) in [5.74, 6) is -0.781. The molecular weight excluding hydrogens is 288 g/mol. The quantitative estimate of drug-likeness (QED) is 0.791. The summed E-state index contributed by atoms with van der Waals surface area (Å²) in [6.07, 6.45) is 9.46. The molecule has 1 unspecified atom stereocenters. The monoisotopic (exact) mass is 314 g/mol. The fourth-order valence-electron chi connectivity index (χ4n) is 3.22. The van der Waals surface area contributed by atoms with Crippen LogP contribution in [0.4, 0.5) is 4.79 Å². The molecule has 1 saturated heterocycles. The molecule has 5 nitrogen and oxygen atoms in total. The number of rotatable bonds is 6. The van der Waals surface area contributed by atoms with Crippen LogP contribution in [0.25, 0.3) is 0 Å². The maximum atomic E-state index is 12.4. The van der Waals surface area contributed by atoms with Gasteiger partial charge in [0.05, 0.1) is 0 Å². The van der Waals surface area contributed by atoms with Gasteiger partial charge in [0.15, 0.2) is 0 Å². The summed E-state index contributed by atoms with van der Waals surface area (Å²) in [5.41, 5.74) is 0. The molecule has 2 N–H and O–H groups in total. The van der Waals surface area contributed by atoms with Gasteiger partial charge in [-0.1, -0.05) is 6.42 Å². The van der Waals surface area contributed by atoms with Crippen LogP contribution in [-0.2, 0) is 4.79 Å². The van der Waals surface area contributed by atoms with Gasteiger partial charge in [0.25, 0.3) is 0 Å². The lowest BCUT2D eigenvalue weighted by Gasteiger charge is -2.42. The molecule has 1 heterocycles. The molecule has 0 radical (unpaired) electrons. The number of carbonyl (C=O) groups excluding carboxylic acids is 1. The molecule has 1 aliphatic heterocycles. The van der Waals surface area contributed by atoms with E-state index in [1.165, 1.54) is 19.3 Å². The van der Waals surface area contributed by atoms with Crippen molar-refractivity contribution in [3.8, 4) is 0 Å². The zero-order valence-corrected chi connectivity index (χ0v) is 13.6. The molecule has 1 atom stereocenters. The van der Waals surface area contributed by atoms with Crippen molar-refractivity contribution in [3.05, 3.63) is 0 Å². The SMILES string of the molecule is CSC1(CNC(=O)N2CCCCC2CCC(=O)O)CCC1. The van der Waals surface area contributed by atoms with Crippen LogP contribution in [0, 0.1) is 0 Å². The van der Waals surface area contributed by atoms with Gasteiger partial charge < -0.3 is 15.3 Å². The standard InChI is InChI=1S/C15H26N2O3S/c1-21-15(8-4-9-15)11-16-14(20)17-10-3-2-5-12(17)6-7-13(18)19/h12H,2-11H2,1H3,(H,16,20)(H,18,19). The first-order chi connectivity index (χ1) is 10.1. The molecule has 1 saturated carbocycles. The highest BCUT2D eigenvalue weighted by molar-refractivity contribution is 8.00. The molecule has 2 aliphatic rings. The van der Waals surface area contributed by atoms with Crippen molar-refractivity contribution in [2.24, 2.45) is 0 Å². The Labute approximate surface area is 130 Å². The number of nitrogens with one attached hydrogen (secondary N) is 1. The average Bonchev–Trinajstić information content (AvgIpc) is 2.44. The number of thioether (sulfide) groups is 1. The summed E-state index contributed by atoms with van der Waals surface area (Å²) in [6, 6.07) is 0.0758. The Morgan fingerprint density at radius 3 is 2.67 bits per heavy atom. The Kier molecular flexibility index (Phi) is 5.79. The van der Waals surface area contributed by atoms with Crippen molar-refractivity contribution < 1.29 is 14.7 Å². The van der Waals surface area contributed by atoms with Gasteiger partial charge in [-0.05, 0) is 44.8 Å². The van der Waals surface area contributed by atoms with Gasteiger partial charge in [0.2, 0.25) is 0 Å². The van der Waals surface area contributed by atoms with Crippen LogP contribution in [0.15, 0.2) is 0 Å². The Balaban J connectivity index is 1.84. The number of hydrogen-bond acceptors (Lipinski definition) is 3. The van der Waals surface area contributed by atoms with Crippen LogP contribution in [0.2, 0.25) is 0 Å². The average molecular weight is 314 g/mol. The van der Waals surface area contributed by atoms with Gasteiger partial charge in [-0.25, -0.2) is 4.79 Å². The van der Waals surface area contributed by atoms with Crippen molar-refractivity contribution in [1.82, 2.24) is 10.2 Å². The van der Waals surface area contributed by atoms with Gasteiger partial charge in [0, 0.05) is 30.3 Å². The normalized spacial score (nSPS) is 24.2. The second-order valence-corrected chi connectivity index (χ2v) is 7.45. The van der Waals surface area contributed by atoms with E-state index in [0.29, 0.717) is 6.42 Å². The van der Waals surface area contributed by atoms with Gasteiger partial charge in [0.1, 0.15) is 0 Å². The molecule has 6 heteroatoms. The molecule has 0 spiro atoms. The minimum Gasteiger partial charge on any atom is -0.481 e. The number of likely N-dealkylation sites (tertiary alicyclic amines) is 1. The number of urea groups is 1. The topological polar surface area (TPSA) is 69.6 Å². The van der Waals surface area contributed by atoms with Crippen molar-refractivity contribution in [1.29, 1.82) is 0 Å². The van der Waals surface area contributed by atoms with Crippen molar-refractivity contribution in [2.45, 2.75) is 62.2 Å². The molecule has 2 rings (SSSR count). The number of carbonyl (C=O) groups is 2. The smallest absolute Gasteiger partial charge is 0.317 e. The Bertz CT molecular complexity index is 380. The Morgan fingerprint density at radius 1 is 1.33 bits per heavy atom. The largest absolute Gasteiger partial charge is 0.481 e. The second kappa shape index (κ2) is 7.38. The van der Waals surface area contributed by atoms with Crippen molar-refractivity contribution >= 4 is 23.8 Å². The molecule has 2 amide bonds. The lowest BCUT2D eigenvalue weighted by molar-refractivity contribution is -0.137. The van der Waals surface area contributed by atoms with Crippen LogP contribution < -0.4 is 5.32 Å². The number of aliphatic carboxylic acids is 1. The number of hydrogen-bond donors (Lipinski definition) is 2. The van der Waals surface area contributed by atoms with Crippen LogP contribution in [0.3, 0.4) is 0 Å². The molecular formula is C15H26N2O3S. The summed E-state index contributed by atoms with van der Waals surface area (Å²) in [7, 11) is 0. The summed E-state index contributed by atoms with van der Waals surface area (Å²) in [5, 5.41) is 11.9. The van der Waals surface area contributed by atoms with Crippen LogP contribution in [0.5, 0.6) is 0 Å². The van der Waals surface area contributed by atoms with E-state index in [2.05, 4.69) is 11.6 Å².